The van der Waals surface area contributed by atoms with Crippen LogP contribution < -0.4 is 15.2 Å². The molecule has 0 bridgehead atoms. The van der Waals surface area contributed by atoms with Crippen molar-refractivity contribution < 1.29 is 19.0 Å². The summed E-state index contributed by atoms with van der Waals surface area (Å²) >= 11 is 3.07. The Morgan fingerprint density at radius 2 is 1.76 bits per heavy atom. The Morgan fingerprint density at radius 1 is 1.10 bits per heavy atom. The molecule has 112 valence electrons. The fourth-order valence-corrected chi connectivity index (χ4v) is 1.96. The van der Waals surface area contributed by atoms with Crippen LogP contribution in [0.2, 0.25) is 0 Å². The van der Waals surface area contributed by atoms with Crippen molar-refractivity contribution in [2.45, 2.75) is 6.10 Å². The van der Waals surface area contributed by atoms with Gasteiger partial charge in [-0.25, -0.2) is 4.39 Å². The fourth-order valence-electron chi connectivity index (χ4n) is 1.60. The average Bonchev–Trinajstić information content (AvgIpc) is 2.46. The number of rotatable bonds is 6. The van der Waals surface area contributed by atoms with E-state index in [-0.39, 0.29) is 19.0 Å². The van der Waals surface area contributed by atoms with E-state index in [1.54, 1.807) is 24.3 Å². The summed E-state index contributed by atoms with van der Waals surface area (Å²) in [6.07, 6.45) is -0.810. The number of benzene rings is 2. The van der Waals surface area contributed by atoms with E-state index >= 15 is 0 Å². The summed E-state index contributed by atoms with van der Waals surface area (Å²) in [5, 5.41) is 9.80. The molecule has 2 aromatic rings. The number of aliphatic hydroxyl groups is 1. The monoisotopic (exact) mass is 355 g/mol. The molecule has 6 heteroatoms. The molecule has 0 amide bonds. The van der Waals surface area contributed by atoms with Crippen molar-refractivity contribution in [1.82, 2.24) is 0 Å². The van der Waals surface area contributed by atoms with Gasteiger partial charge < -0.3 is 20.3 Å². The van der Waals surface area contributed by atoms with E-state index in [0.29, 0.717) is 21.7 Å². The fraction of sp³-hybridized carbons (Fsp3) is 0.200. The summed E-state index contributed by atoms with van der Waals surface area (Å²) in [5.74, 6) is 0.678. The molecule has 0 aliphatic heterocycles. The second-order valence-corrected chi connectivity index (χ2v) is 5.28. The molecule has 0 fully saturated rings. The maximum Gasteiger partial charge on any atom is 0.137 e. The molecule has 0 aliphatic rings. The number of hydrogen-bond donors (Lipinski definition) is 2. The van der Waals surface area contributed by atoms with Gasteiger partial charge in [-0.2, -0.15) is 0 Å². The predicted octanol–water partition coefficient (Wildman–Crippen LogP) is 2.99. The van der Waals surface area contributed by atoms with Gasteiger partial charge in [-0.15, -0.1) is 0 Å². The van der Waals surface area contributed by atoms with Gasteiger partial charge in [-0.05, 0) is 46.3 Å². The third kappa shape index (κ3) is 4.91. The summed E-state index contributed by atoms with van der Waals surface area (Å²) in [6, 6.07) is 11.2. The Bertz CT molecular complexity index is 609. The van der Waals surface area contributed by atoms with Gasteiger partial charge >= 0.3 is 0 Å². The van der Waals surface area contributed by atoms with E-state index in [4.69, 9.17) is 15.2 Å². The smallest absolute Gasteiger partial charge is 0.137 e. The van der Waals surface area contributed by atoms with Crippen LogP contribution in [0.5, 0.6) is 11.5 Å². The Balaban J connectivity index is 1.79. The number of hydrogen-bond acceptors (Lipinski definition) is 4. The van der Waals surface area contributed by atoms with Crippen molar-refractivity contribution in [2.75, 3.05) is 18.9 Å². The van der Waals surface area contributed by atoms with Crippen LogP contribution in [0.4, 0.5) is 10.1 Å². The molecule has 0 aromatic heterocycles. The highest BCUT2D eigenvalue weighted by Crippen LogP contribution is 2.21. The number of aliphatic hydroxyl groups excluding tert-OH is 1. The van der Waals surface area contributed by atoms with Gasteiger partial charge in [-0.3, -0.25) is 0 Å². The van der Waals surface area contributed by atoms with Gasteiger partial charge in [0.05, 0.1) is 4.47 Å². The molecule has 3 N–H and O–H groups in total. The highest BCUT2D eigenvalue weighted by atomic mass is 79.9. The molecule has 21 heavy (non-hydrogen) atoms. The quantitative estimate of drug-likeness (QED) is 0.781. The molecule has 0 spiro atoms. The molecule has 0 aliphatic carbocycles. The van der Waals surface area contributed by atoms with Crippen molar-refractivity contribution in [3.63, 3.8) is 0 Å². The molecule has 2 aromatic carbocycles. The lowest BCUT2D eigenvalue weighted by atomic mass is 10.3. The van der Waals surface area contributed by atoms with E-state index in [0.717, 1.165) is 0 Å². The summed E-state index contributed by atoms with van der Waals surface area (Å²) in [7, 11) is 0. The lowest BCUT2D eigenvalue weighted by Gasteiger charge is -2.14. The molecule has 4 nitrogen and oxygen atoms in total. The number of nitrogen functional groups attached to an aromatic ring is 1. The summed E-state index contributed by atoms with van der Waals surface area (Å²) in [4.78, 5) is 0. The van der Waals surface area contributed by atoms with Gasteiger partial charge in [0.25, 0.3) is 0 Å². The van der Waals surface area contributed by atoms with Crippen molar-refractivity contribution >= 4 is 21.6 Å². The Morgan fingerprint density at radius 3 is 2.38 bits per heavy atom. The number of ether oxygens (including phenoxy) is 2. The SMILES string of the molecule is Nc1cccc(OCC(O)COc2ccc(F)c(Br)c2)c1. The zero-order valence-electron chi connectivity index (χ0n) is 11.1. The first-order valence-electron chi connectivity index (χ1n) is 6.29. The molecule has 1 unspecified atom stereocenters. The van der Waals surface area contributed by atoms with Crippen LogP contribution in [0.25, 0.3) is 0 Å². The Hall–Kier alpha value is -1.79. The lowest BCUT2D eigenvalue weighted by Crippen LogP contribution is -2.25. The van der Waals surface area contributed by atoms with Crippen LogP contribution in [0.3, 0.4) is 0 Å². The van der Waals surface area contributed by atoms with Gasteiger partial charge in [0.2, 0.25) is 0 Å². The van der Waals surface area contributed by atoms with Crippen LogP contribution in [0, 0.1) is 5.82 Å². The van der Waals surface area contributed by atoms with Gasteiger partial charge in [-0.1, -0.05) is 6.07 Å². The summed E-state index contributed by atoms with van der Waals surface area (Å²) < 4.78 is 24.1. The van der Waals surface area contributed by atoms with Crippen LogP contribution in [0.15, 0.2) is 46.9 Å². The molecule has 2 rings (SSSR count). The number of halogens is 2. The van der Waals surface area contributed by atoms with E-state index in [1.807, 2.05) is 0 Å². The number of nitrogens with two attached hydrogens (primary N) is 1. The van der Waals surface area contributed by atoms with Crippen LogP contribution in [-0.4, -0.2) is 24.4 Å². The first-order valence-corrected chi connectivity index (χ1v) is 7.08. The van der Waals surface area contributed by atoms with E-state index in [9.17, 15) is 9.50 Å². The van der Waals surface area contributed by atoms with Crippen LogP contribution in [0.1, 0.15) is 0 Å². The molecule has 0 saturated heterocycles. The molecule has 0 radical (unpaired) electrons. The molecule has 1 atom stereocenters. The summed E-state index contributed by atoms with van der Waals surface area (Å²) in [5.41, 5.74) is 6.22. The minimum atomic E-state index is -0.810. The van der Waals surface area contributed by atoms with Crippen LogP contribution >= 0.6 is 15.9 Å². The minimum absolute atomic E-state index is 0.0421. The highest BCUT2D eigenvalue weighted by molar-refractivity contribution is 9.10. The predicted molar refractivity (Wildman–Crippen MR) is 82.0 cm³/mol. The lowest BCUT2D eigenvalue weighted by molar-refractivity contribution is 0.0626. The zero-order valence-corrected chi connectivity index (χ0v) is 12.7. The minimum Gasteiger partial charge on any atom is -0.491 e. The van der Waals surface area contributed by atoms with E-state index in [1.165, 1.54) is 18.2 Å². The third-order valence-electron chi connectivity index (χ3n) is 2.63. The Labute approximate surface area is 130 Å². The maximum absolute atomic E-state index is 13.1. The van der Waals surface area contributed by atoms with Crippen molar-refractivity contribution in [3.8, 4) is 11.5 Å². The van der Waals surface area contributed by atoms with Gasteiger partial charge in [0.1, 0.15) is 36.6 Å². The average molecular weight is 356 g/mol. The molecular formula is C15H15BrFNO3. The van der Waals surface area contributed by atoms with E-state index < -0.39 is 6.10 Å². The maximum atomic E-state index is 13.1. The van der Waals surface area contributed by atoms with Crippen molar-refractivity contribution in [1.29, 1.82) is 0 Å². The summed E-state index contributed by atoms with van der Waals surface area (Å²) in [6.45, 7) is 0.117. The number of anilines is 1. The van der Waals surface area contributed by atoms with E-state index in [2.05, 4.69) is 15.9 Å². The third-order valence-corrected chi connectivity index (χ3v) is 3.24. The topological polar surface area (TPSA) is 64.7 Å². The largest absolute Gasteiger partial charge is 0.491 e. The second-order valence-electron chi connectivity index (χ2n) is 4.42. The van der Waals surface area contributed by atoms with Gasteiger partial charge in [0, 0.05) is 11.8 Å². The van der Waals surface area contributed by atoms with Crippen molar-refractivity contribution in [2.24, 2.45) is 0 Å². The zero-order chi connectivity index (χ0) is 15.2. The van der Waals surface area contributed by atoms with Gasteiger partial charge in [0.15, 0.2) is 0 Å². The first-order chi connectivity index (χ1) is 10.0. The molecular weight excluding hydrogens is 341 g/mol. The second kappa shape index (κ2) is 7.28. The standard InChI is InChI=1S/C15H15BrFNO3/c16-14-7-13(4-5-15(14)17)21-9-11(19)8-20-12-3-1-2-10(18)6-12/h1-7,11,19H,8-9,18H2. The molecule has 0 saturated carbocycles. The highest BCUT2D eigenvalue weighted by Gasteiger charge is 2.08. The normalized spacial score (nSPS) is 12.0. The molecule has 0 heterocycles. The van der Waals surface area contributed by atoms with Crippen LogP contribution in [-0.2, 0) is 0 Å². The first kappa shape index (κ1) is 15.6. The van der Waals surface area contributed by atoms with Crippen molar-refractivity contribution in [3.05, 3.63) is 52.8 Å². The Kier molecular flexibility index (Phi) is 5.41.